The molecular weight excluding hydrogens is 381 g/mol. The normalized spacial score (nSPS) is 12.1. The van der Waals surface area contributed by atoms with E-state index in [1.165, 1.54) is 13.2 Å². The highest BCUT2D eigenvalue weighted by Crippen LogP contribution is 2.30. The zero-order valence-electron chi connectivity index (χ0n) is 14.9. The van der Waals surface area contributed by atoms with Crippen LogP contribution in [0.25, 0.3) is 0 Å². The van der Waals surface area contributed by atoms with Crippen molar-refractivity contribution in [2.24, 2.45) is 4.99 Å². The van der Waals surface area contributed by atoms with Crippen LogP contribution in [0.1, 0.15) is 23.2 Å². The lowest BCUT2D eigenvalue weighted by atomic mass is 10.1. The van der Waals surface area contributed by atoms with Gasteiger partial charge in [0, 0.05) is 24.5 Å². The predicted molar refractivity (Wildman–Crippen MR) is 98.3 cm³/mol. The summed E-state index contributed by atoms with van der Waals surface area (Å²) in [5.41, 5.74) is -0.153. The second kappa shape index (κ2) is 9.45. The minimum absolute atomic E-state index is 0.0455. The van der Waals surface area contributed by atoms with E-state index in [0.717, 1.165) is 22.3 Å². The van der Waals surface area contributed by atoms with Crippen LogP contribution in [0.5, 0.6) is 11.5 Å². The van der Waals surface area contributed by atoms with Gasteiger partial charge < -0.3 is 20.5 Å². The number of aromatic hydroxyl groups is 1. The van der Waals surface area contributed by atoms with Crippen molar-refractivity contribution < 1.29 is 23.0 Å². The largest absolute Gasteiger partial charge is 0.508 e. The van der Waals surface area contributed by atoms with E-state index < -0.39 is 11.9 Å². The van der Waals surface area contributed by atoms with Crippen LogP contribution in [0.2, 0.25) is 0 Å². The monoisotopic (exact) mass is 402 g/mol. The van der Waals surface area contributed by atoms with Crippen LogP contribution >= 0.6 is 11.3 Å². The van der Waals surface area contributed by atoms with Crippen molar-refractivity contribution in [1.29, 1.82) is 0 Å². The minimum atomic E-state index is -4.44. The molecule has 0 spiro atoms. The summed E-state index contributed by atoms with van der Waals surface area (Å²) in [4.78, 5) is 7.81. The summed E-state index contributed by atoms with van der Waals surface area (Å²) >= 11 is 0.924. The number of ether oxygens (including phenoxy) is 1. The van der Waals surface area contributed by atoms with Gasteiger partial charge in [-0.05, 0) is 25.0 Å². The maximum absolute atomic E-state index is 12.6. The number of hydrogen-bond acceptors (Lipinski definition) is 5. The number of thiazole rings is 1. The molecule has 0 aliphatic rings. The molecule has 148 valence electrons. The van der Waals surface area contributed by atoms with Gasteiger partial charge in [-0.1, -0.05) is 6.07 Å². The van der Waals surface area contributed by atoms with E-state index in [0.29, 0.717) is 31.2 Å². The molecular formula is C17H21F3N4O2S. The Bertz CT molecular complexity index is 778. The molecule has 1 aromatic heterocycles. The molecule has 3 N–H and O–H groups in total. The van der Waals surface area contributed by atoms with Gasteiger partial charge in [0.2, 0.25) is 0 Å². The minimum Gasteiger partial charge on any atom is -0.508 e. The van der Waals surface area contributed by atoms with Crippen LogP contribution in [-0.2, 0) is 19.1 Å². The molecule has 10 heteroatoms. The van der Waals surface area contributed by atoms with E-state index in [4.69, 9.17) is 4.74 Å². The van der Waals surface area contributed by atoms with Crippen molar-refractivity contribution in [2.45, 2.75) is 26.1 Å². The fourth-order valence-corrected chi connectivity index (χ4v) is 2.92. The number of hydrogen-bond donors (Lipinski definition) is 3. The molecule has 6 nitrogen and oxygen atoms in total. The van der Waals surface area contributed by atoms with Crippen LogP contribution in [0, 0.1) is 0 Å². The molecule has 0 amide bonds. The summed E-state index contributed by atoms with van der Waals surface area (Å²) < 4.78 is 42.8. The molecule has 2 rings (SSSR count). The number of phenolic OH excluding ortho intramolecular Hbond substituents is 1. The Hall–Kier alpha value is -2.49. The fourth-order valence-electron chi connectivity index (χ4n) is 2.20. The van der Waals surface area contributed by atoms with Crippen molar-refractivity contribution in [3.05, 3.63) is 39.8 Å². The molecule has 0 saturated carbocycles. The molecule has 27 heavy (non-hydrogen) atoms. The molecule has 2 aromatic rings. The van der Waals surface area contributed by atoms with Gasteiger partial charge in [0.15, 0.2) is 11.7 Å². The third kappa shape index (κ3) is 6.31. The summed E-state index contributed by atoms with van der Waals surface area (Å²) in [6, 6.07) is 5.07. The van der Waals surface area contributed by atoms with E-state index >= 15 is 0 Å². The molecule has 0 fully saturated rings. The van der Waals surface area contributed by atoms with Crippen LogP contribution < -0.4 is 15.4 Å². The second-order valence-corrected chi connectivity index (χ2v) is 6.43. The molecule has 1 heterocycles. The van der Waals surface area contributed by atoms with Gasteiger partial charge in [-0.3, -0.25) is 0 Å². The number of guanidine groups is 1. The molecule has 0 atom stereocenters. The van der Waals surface area contributed by atoms with Gasteiger partial charge in [-0.2, -0.15) is 13.2 Å². The summed E-state index contributed by atoms with van der Waals surface area (Å²) in [6.07, 6.45) is -3.91. The zero-order chi connectivity index (χ0) is 19.9. The highest BCUT2D eigenvalue weighted by molar-refractivity contribution is 7.09. The lowest BCUT2D eigenvalue weighted by Crippen LogP contribution is -2.38. The van der Waals surface area contributed by atoms with Gasteiger partial charge in [-0.25, -0.2) is 9.98 Å². The number of nitrogens with zero attached hydrogens (tertiary/aromatic N) is 2. The van der Waals surface area contributed by atoms with Crippen LogP contribution in [0.4, 0.5) is 13.2 Å². The van der Waals surface area contributed by atoms with E-state index in [1.54, 1.807) is 12.1 Å². The Labute approximate surface area is 159 Å². The predicted octanol–water partition coefficient (Wildman–Crippen LogP) is 3.17. The third-order valence-electron chi connectivity index (χ3n) is 3.54. The second-order valence-electron chi connectivity index (χ2n) is 5.49. The standard InChI is InChI=1S/C17H21F3N4O2S/c1-3-21-16(23-9-15-24-14(10-27-15)17(18,19)20)22-7-6-11-4-5-12(26-2)8-13(11)25/h4-5,8,10,25H,3,6-7,9H2,1-2H3,(H2,21,22,23). The Morgan fingerprint density at radius 3 is 2.70 bits per heavy atom. The fraction of sp³-hybridized carbons (Fsp3) is 0.412. The first kappa shape index (κ1) is 20.8. The van der Waals surface area contributed by atoms with Gasteiger partial charge >= 0.3 is 6.18 Å². The highest BCUT2D eigenvalue weighted by atomic mass is 32.1. The number of alkyl halides is 3. The quantitative estimate of drug-likeness (QED) is 0.490. The first-order valence-corrected chi connectivity index (χ1v) is 9.11. The van der Waals surface area contributed by atoms with Gasteiger partial charge in [0.05, 0.1) is 13.7 Å². The number of aliphatic imine (C=N–C) groups is 1. The lowest BCUT2D eigenvalue weighted by molar-refractivity contribution is -0.140. The Kier molecular flexibility index (Phi) is 7.28. The highest BCUT2D eigenvalue weighted by Gasteiger charge is 2.33. The molecule has 1 aromatic carbocycles. The number of phenols is 1. The summed E-state index contributed by atoms with van der Waals surface area (Å²) in [7, 11) is 1.52. The molecule has 0 bridgehead atoms. The molecule has 0 radical (unpaired) electrons. The Morgan fingerprint density at radius 1 is 1.33 bits per heavy atom. The van der Waals surface area contributed by atoms with Crippen molar-refractivity contribution in [2.75, 3.05) is 20.2 Å². The van der Waals surface area contributed by atoms with Gasteiger partial charge in [0.25, 0.3) is 0 Å². The number of halogens is 3. The maximum Gasteiger partial charge on any atom is 0.434 e. The van der Waals surface area contributed by atoms with E-state index in [2.05, 4.69) is 20.6 Å². The topological polar surface area (TPSA) is 78.8 Å². The number of rotatable bonds is 7. The van der Waals surface area contributed by atoms with Gasteiger partial charge in [-0.15, -0.1) is 11.3 Å². The SMILES string of the molecule is CCNC(=NCc1nc(C(F)(F)F)cs1)NCCc1ccc(OC)cc1O. The zero-order valence-corrected chi connectivity index (χ0v) is 15.7. The van der Waals surface area contributed by atoms with Crippen LogP contribution in [0.15, 0.2) is 28.6 Å². The van der Waals surface area contributed by atoms with E-state index in [9.17, 15) is 18.3 Å². The van der Waals surface area contributed by atoms with Crippen molar-refractivity contribution in [3.8, 4) is 11.5 Å². The third-order valence-corrected chi connectivity index (χ3v) is 4.37. The average Bonchev–Trinajstić information content (AvgIpc) is 3.10. The Balaban J connectivity index is 1.92. The number of methoxy groups -OCH3 is 1. The maximum atomic E-state index is 12.6. The molecule has 0 aliphatic carbocycles. The van der Waals surface area contributed by atoms with Crippen molar-refractivity contribution in [3.63, 3.8) is 0 Å². The molecule has 0 saturated heterocycles. The number of benzene rings is 1. The lowest BCUT2D eigenvalue weighted by Gasteiger charge is -2.12. The van der Waals surface area contributed by atoms with Crippen LogP contribution in [-0.4, -0.2) is 36.2 Å². The van der Waals surface area contributed by atoms with E-state index in [-0.39, 0.29) is 17.3 Å². The smallest absolute Gasteiger partial charge is 0.434 e. The average molecular weight is 402 g/mol. The summed E-state index contributed by atoms with van der Waals surface area (Å²) in [5.74, 6) is 1.18. The van der Waals surface area contributed by atoms with Crippen LogP contribution in [0.3, 0.4) is 0 Å². The number of nitrogens with one attached hydrogen (secondary N) is 2. The molecule has 0 aliphatic heterocycles. The number of aromatic nitrogens is 1. The van der Waals surface area contributed by atoms with E-state index in [1.807, 2.05) is 6.92 Å². The van der Waals surface area contributed by atoms with Crippen molar-refractivity contribution >= 4 is 17.3 Å². The Morgan fingerprint density at radius 2 is 2.11 bits per heavy atom. The first-order valence-electron chi connectivity index (χ1n) is 8.23. The molecule has 0 unspecified atom stereocenters. The first-order chi connectivity index (χ1) is 12.8. The van der Waals surface area contributed by atoms with Gasteiger partial charge in [0.1, 0.15) is 16.5 Å². The summed E-state index contributed by atoms with van der Waals surface area (Å²) in [6.45, 7) is 3.02. The summed E-state index contributed by atoms with van der Waals surface area (Å²) in [5, 5.41) is 17.3. The van der Waals surface area contributed by atoms with Crippen molar-refractivity contribution in [1.82, 2.24) is 15.6 Å².